The van der Waals surface area contributed by atoms with Gasteiger partial charge in [0, 0.05) is 18.0 Å². The molecule has 8 nitrogen and oxygen atoms in total. The van der Waals surface area contributed by atoms with E-state index in [4.69, 9.17) is 10.1 Å². The minimum atomic E-state index is -0.333. The average Bonchev–Trinajstić information content (AvgIpc) is 3.14. The van der Waals surface area contributed by atoms with Crippen molar-refractivity contribution >= 4 is 65.3 Å². The second kappa shape index (κ2) is 8.57. The summed E-state index contributed by atoms with van der Waals surface area (Å²) in [6, 6.07) is 9.14. The first-order valence-corrected chi connectivity index (χ1v) is 11.2. The maximum atomic E-state index is 13.5. The largest absolute Gasteiger partial charge is 0.309 e. The summed E-state index contributed by atoms with van der Waals surface area (Å²) < 4.78 is 3.15. The molecule has 33 heavy (non-hydrogen) atoms. The van der Waals surface area contributed by atoms with E-state index in [0.29, 0.717) is 28.4 Å². The van der Waals surface area contributed by atoms with Gasteiger partial charge >= 0.3 is 0 Å². The zero-order chi connectivity index (χ0) is 23.9. The van der Waals surface area contributed by atoms with E-state index in [1.807, 2.05) is 26.0 Å². The molecule has 0 aliphatic rings. The molecular weight excluding hydrogens is 412 g/mol. The van der Waals surface area contributed by atoms with Gasteiger partial charge in [0.25, 0.3) is 5.56 Å². The standard InChI is InChI=1S/C21H26B4N6O2/c1-11(2)7-13-8-18-30(10-17(32)28-16-6-3-12(22)9-26-16)20(33)14-4-5-15(21(23,24)25)27-19(14)31(18)29-13/h3-6,8-9,11H,7,10,22-25H2,1-2H3,(H,26,28,32). The van der Waals surface area contributed by atoms with Crippen molar-refractivity contribution in [2.24, 2.45) is 5.92 Å². The van der Waals surface area contributed by atoms with Gasteiger partial charge in [-0.3, -0.25) is 14.2 Å². The summed E-state index contributed by atoms with van der Waals surface area (Å²) in [7, 11) is 8.17. The SMILES string of the molecule is Bc1ccc(NC(=O)Cn2c(=O)c3ccc(C(B)(B)B)nc3n3nc(CC(C)C)cc23)nc1. The highest BCUT2D eigenvalue weighted by molar-refractivity contribution is 6.58. The van der Waals surface area contributed by atoms with Crippen LogP contribution in [-0.2, 0) is 22.9 Å². The minimum absolute atomic E-state index is 0.151. The Balaban J connectivity index is 1.84. The van der Waals surface area contributed by atoms with Gasteiger partial charge in [-0.15, -0.1) is 0 Å². The molecule has 4 heterocycles. The van der Waals surface area contributed by atoms with Crippen molar-refractivity contribution in [1.29, 1.82) is 0 Å². The molecule has 0 saturated carbocycles. The lowest BCUT2D eigenvalue weighted by Gasteiger charge is -2.18. The molecule has 4 aromatic rings. The normalized spacial score (nSPS) is 12.0. The van der Waals surface area contributed by atoms with Crippen LogP contribution in [0.15, 0.2) is 41.3 Å². The topological polar surface area (TPSA) is 94.2 Å². The second-order valence-electron chi connectivity index (χ2n) is 9.98. The van der Waals surface area contributed by atoms with Crippen molar-refractivity contribution in [2.75, 3.05) is 5.32 Å². The summed E-state index contributed by atoms with van der Waals surface area (Å²) in [5.41, 5.74) is 3.52. The molecule has 0 aromatic carbocycles. The van der Waals surface area contributed by atoms with Crippen LogP contribution in [0.1, 0.15) is 25.2 Å². The molecule has 0 bridgehead atoms. The highest BCUT2D eigenvalue weighted by Gasteiger charge is 2.21. The van der Waals surface area contributed by atoms with Gasteiger partial charge in [0.05, 0.1) is 34.6 Å². The molecule has 0 unspecified atom stereocenters. The Kier molecular flexibility index (Phi) is 5.95. The fourth-order valence-electron chi connectivity index (χ4n) is 3.75. The number of pyridine rings is 2. The second-order valence-corrected chi connectivity index (χ2v) is 9.98. The van der Waals surface area contributed by atoms with Gasteiger partial charge in [-0.2, -0.15) is 9.61 Å². The van der Waals surface area contributed by atoms with Crippen LogP contribution in [0.5, 0.6) is 0 Å². The molecule has 164 valence electrons. The minimum Gasteiger partial charge on any atom is -0.309 e. The molecule has 12 heteroatoms. The summed E-state index contributed by atoms with van der Waals surface area (Å²) in [6.45, 7) is 4.09. The van der Waals surface area contributed by atoms with Crippen molar-refractivity contribution in [2.45, 2.75) is 31.9 Å². The number of fused-ring (bicyclic) bond motifs is 3. The number of carbonyl (C=O) groups excluding carboxylic acids is 1. The lowest BCUT2D eigenvalue weighted by atomic mass is 9.41. The third kappa shape index (κ3) is 4.74. The molecule has 0 radical (unpaired) electrons. The fourth-order valence-corrected chi connectivity index (χ4v) is 3.75. The molecule has 0 spiro atoms. The molecule has 0 aliphatic heterocycles. The fraction of sp³-hybridized carbons (Fsp3) is 0.286. The van der Waals surface area contributed by atoms with Gasteiger partial charge in [0.2, 0.25) is 5.91 Å². The molecule has 0 aliphatic carbocycles. The first-order chi connectivity index (χ1) is 15.5. The van der Waals surface area contributed by atoms with Gasteiger partial charge in [0.15, 0.2) is 5.65 Å². The number of nitrogens with zero attached hydrogens (tertiary/aromatic N) is 5. The Bertz CT molecular complexity index is 1410. The van der Waals surface area contributed by atoms with Crippen LogP contribution in [0.3, 0.4) is 0 Å². The Hall–Kier alpha value is -3.29. The summed E-state index contributed by atoms with van der Waals surface area (Å²) in [4.78, 5) is 35.3. The Morgan fingerprint density at radius 1 is 1.18 bits per heavy atom. The van der Waals surface area contributed by atoms with Gasteiger partial charge < -0.3 is 5.32 Å². The maximum Gasteiger partial charge on any atom is 0.263 e. The van der Waals surface area contributed by atoms with E-state index in [9.17, 15) is 9.59 Å². The summed E-state index contributed by atoms with van der Waals surface area (Å²) in [5, 5.41) is 7.78. The summed E-state index contributed by atoms with van der Waals surface area (Å²) in [5.74, 6) is 0.511. The Morgan fingerprint density at radius 2 is 1.94 bits per heavy atom. The molecule has 4 rings (SSSR count). The van der Waals surface area contributed by atoms with Crippen LogP contribution in [0.2, 0.25) is 0 Å². The third-order valence-electron chi connectivity index (χ3n) is 5.44. The number of rotatable bonds is 6. The van der Waals surface area contributed by atoms with Crippen LogP contribution in [0.4, 0.5) is 5.82 Å². The molecule has 1 amide bonds. The highest BCUT2D eigenvalue weighted by Crippen LogP contribution is 2.19. The van der Waals surface area contributed by atoms with E-state index >= 15 is 0 Å². The van der Waals surface area contributed by atoms with Crippen LogP contribution in [-0.4, -0.2) is 61.4 Å². The van der Waals surface area contributed by atoms with Crippen molar-refractivity contribution in [1.82, 2.24) is 24.1 Å². The van der Waals surface area contributed by atoms with E-state index in [1.54, 1.807) is 22.8 Å². The molecular formula is C21H26B4N6O2. The predicted molar refractivity (Wildman–Crippen MR) is 142 cm³/mol. The highest BCUT2D eigenvalue weighted by atomic mass is 16.2. The Labute approximate surface area is 195 Å². The van der Waals surface area contributed by atoms with Crippen molar-refractivity contribution in [3.8, 4) is 0 Å². The van der Waals surface area contributed by atoms with Gasteiger partial charge in [-0.1, -0.05) is 30.5 Å². The van der Waals surface area contributed by atoms with E-state index < -0.39 is 0 Å². The number of amides is 1. The smallest absolute Gasteiger partial charge is 0.263 e. The van der Waals surface area contributed by atoms with Crippen molar-refractivity contribution < 1.29 is 4.79 Å². The molecule has 0 atom stereocenters. The number of hydrogen-bond acceptors (Lipinski definition) is 5. The number of nitrogens with one attached hydrogen (secondary N) is 1. The Morgan fingerprint density at radius 3 is 2.58 bits per heavy atom. The maximum absolute atomic E-state index is 13.5. The van der Waals surface area contributed by atoms with E-state index in [-0.39, 0.29) is 23.1 Å². The summed E-state index contributed by atoms with van der Waals surface area (Å²) >= 11 is 0. The quantitative estimate of drug-likeness (QED) is 0.338. The third-order valence-corrected chi connectivity index (χ3v) is 5.44. The van der Waals surface area contributed by atoms with Gasteiger partial charge in [-0.25, -0.2) is 9.97 Å². The molecule has 0 saturated heterocycles. The molecule has 1 N–H and O–H groups in total. The van der Waals surface area contributed by atoms with E-state index in [1.165, 1.54) is 4.57 Å². The van der Waals surface area contributed by atoms with Crippen LogP contribution in [0, 0.1) is 5.92 Å². The lowest BCUT2D eigenvalue weighted by Crippen LogP contribution is -2.31. The predicted octanol–water partition coefficient (Wildman–Crippen LogP) is -2.46. The zero-order valence-electron chi connectivity index (χ0n) is 20.0. The number of aromatic nitrogens is 5. The van der Waals surface area contributed by atoms with Gasteiger partial charge in [-0.05, 0) is 30.5 Å². The first kappa shape index (κ1) is 22.9. The van der Waals surface area contributed by atoms with Crippen molar-refractivity contribution in [3.05, 3.63) is 58.3 Å². The number of carbonyl (C=O) groups is 1. The molecule has 0 fully saturated rings. The zero-order valence-corrected chi connectivity index (χ0v) is 20.0. The first-order valence-electron chi connectivity index (χ1n) is 11.2. The van der Waals surface area contributed by atoms with Gasteiger partial charge in [0.1, 0.15) is 25.9 Å². The van der Waals surface area contributed by atoms with E-state index in [2.05, 4.69) is 47.7 Å². The van der Waals surface area contributed by atoms with Crippen LogP contribution >= 0.6 is 0 Å². The van der Waals surface area contributed by atoms with Crippen LogP contribution < -0.4 is 16.3 Å². The average molecular weight is 438 g/mol. The van der Waals surface area contributed by atoms with Crippen molar-refractivity contribution in [3.63, 3.8) is 0 Å². The lowest BCUT2D eigenvalue weighted by molar-refractivity contribution is -0.116. The molecule has 4 aromatic heterocycles. The monoisotopic (exact) mass is 438 g/mol. The number of anilines is 1. The van der Waals surface area contributed by atoms with E-state index in [0.717, 1.165) is 23.3 Å². The van der Waals surface area contributed by atoms with Crippen LogP contribution in [0.25, 0.3) is 16.7 Å². The number of hydrogen-bond donors (Lipinski definition) is 1. The summed E-state index contributed by atoms with van der Waals surface area (Å²) in [6.07, 6.45) is 2.44.